The fourth-order valence-electron chi connectivity index (χ4n) is 13.5. The number of fused-ring (bicyclic) bond motifs is 1. The third kappa shape index (κ3) is 23.2. The summed E-state index contributed by atoms with van der Waals surface area (Å²) in [5.41, 5.74) is 0.165. The van der Waals surface area contributed by atoms with Crippen molar-refractivity contribution in [3.8, 4) is 23.0 Å². The van der Waals surface area contributed by atoms with Crippen molar-refractivity contribution in [2.45, 2.75) is 232 Å². The number of carbonyl (C=O) groups excluding carboxylic acids is 6. The Morgan fingerprint density at radius 2 is 0.647 bits per heavy atom. The van der Waals surface area contributed by atoms with Gasteiger partial charge in [0.15, 0.2) is 18.9 Å². The molecule has 0 radical (unpaired) electrons. The fourth-order valence-corrected chi connectivity index (χ4v) is 13.5. The molecule has 10 rings (SSSR count). The van der Waals surface area contributed by atoms with Gasteiger partial charge >= 0.3 is 5.63 Å². The summed E-state index contributed by atoms with van der Waals surface area (Å²) in [6, 6.07) is 9.67. The highest BCUT2D eigenvalue weighted by molar-refractivity contribution is 5.81. The topological polar surface area (TPSA) is 671 Å². The van der Waals surface area contributed by atoms with Crippen LogP contribution >= 0.6 is 0 Å². The number of benzene rings is 3. The molecule has 0 bridgehead atoms. The van der Waals surface area contributed by atoms with E-state index in [9.17, 15) is 120 Å². The van der Waals surface area contributed by atoms with Crippen molar-refractivity contribution in [3.05, 3.63) is 98.9 Å². The van der Waals surface area contributed by atoms with Crippen molar-refractivity contribution in [1.29, 1.82) is 0 Å². The third-order valence-corrected chi connectivity index (χ3v) is 19.1. The number of hydrogen-bond acceptors (Lipinski definition) is 38. The highest BCUT2D eigenvalue weighted by atomic mass is 16.8. The van der Waals surface area contributed by atoms with Crippen LogP contribution in [0.15, 0.2) is 82.0 Å². The van der Waals surface area contributed by atoms with Crippen molar-refractivity contribution >= 4 is 52.1 Å². The SMILES string of the molecule is CC(=O)NC1C(OC2C(CO)OC(Oc3ccc([N+](=O)[O-])cc3)C(NC(C)=O)C2O)OC(CO)C(O)C1O.CC(=O)NC1C(OC2C(CO)OC(Oc3ccc4c(C)cc(=O)oc4c3)C(NC(C)=O)C2O)OC(CO)C(O)C1O.COc1ccc(OC2OC(CO)C(OC3OC(CO)C(O)C(O)C3NC(C)=O)C(O)C2NC(C)=O)cc1. The van der Waals surface area contributed by atoms with Crippen LogP contribution in [-0.2, 0) is 71.4 Å². The molecule has 6 saturated heterocycles. The predicted molar refractivity (Wildman–Crippen MR) is 384 cm³/mol. The average molecular weight is 1660 g/mol. The number of aryl methyl sites for hydroxylation is 1. The molecular weight excluding hydrogens is 1560 g/mol. The molecule has 0 aliphatic carbocycles. The second kappa shape index (κ2) is 42.1. The lowest BCUT2D eigenvalue weighted by atomic mass is 9.94. The largest absolute Gasteiger partial charge is 0.497 e. The van der Waals surface area contributed by atoms with Gasteiger partial charge in [-0.15, -0.1) is 0 Å². The zero-order chi connectivity index (χ0) is 85.4. The van der Waals surface area contributed by atoms with Crippen LogP contribution in [-0.4, -0.2) is 348 Å². The van der Waals surface area contributed by atoms with Gasteiger partial charge in [-0.1, -0.05) is 0 Å². The number of nitro benzene ring substituents is 1. The van der Waals surface area contributed by atoms with Gasteiger partial charge in [0.25, 0.3) is 5.69 Å². The van der Waals surface area contributed by atoms with Gasteiger partial charge in [0.05, 0.1) is 51.7 Å². The summed E-state index contributed by atoms with van der Waals surface area (Å²) in [5, 5.41) is 181. The van der Waals surface area contributed by atoms with Gasteiger partial charge in [0.2, 0.25) is 54.3 Å². The van der Waals surface area contributed by atoms with Crippen LogP contribution in [0.3, 0.4) is 0 Å². The number of aliphatic hydroxyl groups excluding tert-OH is 15. The number of nitrogens with zero attached hydrogens (tertiary/aromatic N) is 1. The number of amides is 6. The van der Waals surface area contributed by atoms with Crippen LogP contribution in [0.2, 0.25) is 0 Å². The summed E-state index contributed by atoms with van der Waals surface area (Å²) in [5.74, 6) is -2.25. The number of nitrogens with one attached hydrogen (secondary N) is 6. The molecule has 4 aromatic rings. The Kier molecular flexibility index (Phi) is 33.7. The monoisotopic (exact) mass is 1660 g/mol. The maximum Gasteiger partial charge on any atom is 0.336 e. The third-order valence-electron chi connectivity index (χ3n) is 19.1. The van der Waals surface area contributed by atoms with E-state index in [-0.39, 0.29) is 22.8 Å². The number of rotatable bonds is 26. The number of methoxy groups -OCH3 is 1. The molecule has 1 aromatic heterocycles. The van der Waals surface area contributed by atoms with E-state index in [1.165, 1.54) is 71.2 Å². The number of non-ortho nitro benzene ring substituents is 1. The summed E-state index contributed by atoms with van der Waals surface area (Å²) in [6.45, 7) is 4.67. The summed E-state index contributed by atoms with van der Waals surface area (Å²) in [7, 11) is 1.50. The molecule has 45 heteroatoms. The molecule has 0 saturated carbocycles. The van der Waals surface area contributed by atoms with Crippen molar-refractivity contribution in [1.82, 2.24) is 31.9 Å². The zero-order valence-corrected chi connectivity index (χ0v) is 63.5. The Balaban J connectivity index is 0.000000218. The van der Waals surface area contributed by atoms with Crippen LogP contribution < -0.4 is 56.5 Å². The molecule has 646 valence electrons. The Bertz CT molecular complexity index is 3970. The first kappa shape index (κ1) is 92.8. The molecule has 6 aliphatic heterocycles. The smallest absolute Gasteiger partial charge is 0.336 e. The first-order valence-corrected chi connectivity index (χ1v) is 36.2. The highest BCUT2D eigenvalue weighted by Gasteiger charge is 2.56. The van der Waals surface area contributed by atoms with Gasteiger partial charge in [-0.25, -0.2) is 4.79 Å². The Labute approximate surface area is 659 Å². The number of ether oxygens (including phenoxy) is 13. The van der Waals surface area contributed by atoms with Crippen LogP contribution in [0.4, 0.5) is 5.69 Å². The van der Waals surface area contributed by atoms with Crippen LogP contribution in [0.5, 0.6) is 23.0 Å². The van der Waals surface area contributed by atoms with Gasteiger partial charge < -0.3 is 174 Å². The molecule has 116 heavy (non-hydrogen) atoms. The number of nitro groups is 1. The van der Waals surface area contributed by atoms with Gasteiger partial charge in [-0.05, 0) is 61.0 Å². The standard InChI is InChI=1S/C26H34N2O13.C23H34N2O12.C22H31N3O13/c1-10-6-18(33)38-15-7-13(4-5-14(10)15)37-25-20(28-12(3)32)23(36)24(17(9-30)40-25)41-26-19(27-11(2)31)22(35)21(34)16(8-29)39-26;1-10(28)24-16-19(31)18(30)14(8-26)35-23(16)37-21-15(9-27)36-22(17(20(21)32)25-11(2)29)34-13-6-4-12(33-3)5-7-13;1-9(28)23-15-18(31)17(30)13(7-26)36-22(15)38-20-14(8-27)37-21(16(19(20)32)24-10(2)29)35-12-5-3-11(4-6-12)25(33)34/h4-7,16-17,19-26,29-30,34-36H,8-9H2,1-3H3,(H,27,31)(H,28,32);4-7,14-23,26-27,30-32H,8-9H2,1-3H3,(H,24,28)(H,25,29);3-6,13-22,26-27,30-32H,7-8H2,1-2H3,(H,23,28)(H,24,29). The van der Waals surface area contributed by atoms with Crippen LogP contribution in [0.1, 0.15) is 47.1 Å². The summed E-state index contributed by atoms with van der Waals surface area (Å²) < 4.78 is 79.6. The van der Waals surface area contributed by atoms with Gasteiger partial charge in [-0.2, -0.15) is 0 Å². The molecule has 30 atom stereocenters. The summed E-state index contributed by atoms with van der Waals surface area (Å²) in [6.07, 6.45) is -34.7. The molecule has 21 N–H and O–H groups in total. The number of carbonyl (C=O) groups is 6. The Morgan fingerprint density at radius 3 is 0.931 bits per heavy atom. The van der Waals surface area contributed by atoms with Crippen LogP contribution in [0, 0.1) is 17.0 Å². The summed E-state index contributed by atoms with van der Waals surface area (Å²) >= 11 is 0. The molecule has 6 fully saturated rings. The van der Waals surface area contributed by atoms with Crippen molar-refractivity contribution in [2.24, 2.45) is 0 Å². The minimum absolute atomic E-state index is 0.100. The lowest BCUT2D eigenvalue weighted by Gasteiger charge is -2.48. The van der Waals surface area contributed by atoms with Crippen molar-refractivity contribution in [2.75, 3.05) is 46.8 Å². The van der Waals surface area contributed by atoms with E-state index in [1.807, 2.05) is 0 Å². The van der Waals surface area contributed by atoms with E-state index in [0.717, 1.165) is 13.8 Å². The zero-order valence-electron chi connectivity index (χ0n) is 63.5. The van der Waals surface area contributed by atoms with E-state index < -0.39 is 269 Å². The lowest BCUT2D eigenvalue weighted by molar-refractivity contribution is -0.384. The average Bonchev–Trinajstić information content (AvgIpc) is 0.769. The highest BCUT2D eigenvalue weighted by Crippen LogP contribution is 2.36. The summed E-state index contributed by atoms with van der Waals surface area (Å²) in [4.78, 5) is 93.2. The quantitative estimate of drug-likeness (QED) is 0.0158. The van der Waals surface area contributed by atoms with Crippen molar-refractivity contribution in [3.63, 3.8) is 0 Å². The number of aliphatic hydroxyl groups is 15. The molecule has 3 aromatic carbocycles. The minimum Gasteiger partial charge on any atom is -0.497 e. The predicted octanol–water partition coefficient (Wildman–Crippen LogP) is -8.74. The molecule has 7 heterocycles. The normalized spacial score (nSPS) is 34.9. The Hall–Kier alpha value is -8.67. The second-order valence-electron chi connectivity index (χ2n) is 27.6. The molecule has 30 unspecified atom stereocenters. The van der Waals surface area contributed by atoms with Gasteiger partial charge in [0, 0.05) is 71.2 Å². The second-order valence-corrected chi connectivity index (χ2v) is 27.6. The van der Waals surface area contributed by atoms with Crippen molar-refractivity contribution < 1.29 is 176 Å². The van der Waals surface area contributed by atoms with Gasteiger partial charge in [-0.3, -0.25) is 38.9 Å². The first-order valence-electron chi connectivity index (χ1n) is 36.2. The lowest BCUT2D eigenvalue weighted by Crippen LogP contribution is -2.69. The van der Waals surface area contributed by atoms with Gasteiger partial charge in [0.1, 0.15) is 175 Å². The number of hydrogen-bond donors (Lipinski definition) is 21. The fraction of sp³-hybridized carbons (Fsp3) is 0.620. The first-order chi connectivity index (χ1) is 55.0. The van der Waals surface area contributed by atoms with E-state index >= 15 is 0 Å². The molecule has 6 aliphatic rings. The Morgan fingerprint density at radius 1 is 0.379 bits per heavy atom. The molecule has 0 spiro atoms. The van der Waals surface area contributed by atoms with E-state index in [2.05, 4.69) is 31.9 Å². The van der Waals surface area contributed by atoms with E-state index in [0.29, 0.717) is 22.4 Å². The minimum atomic E-state index is -1.63. The molecule has 45 nitrogen and oxygen atoms in total. The molecular formula is C71H99N7O38. The van der Waals surface area contributed by atoms with E-state index in [4.69, 9.17) is 66.0 Å². The maximum absolute atomic E-state index is 12.1. The van der Waals surface area contributed by atoms with E-state index in [1.54, 1.807) is 43.3 Å². The molecule has 6 amide bonds. The maximum atomic E-state index is 12.1. The van der Waals surface area contributed by atoms with Crippen LogP contribution in [0.25, 0.3) is 11.0 Å².